The molecule has 0 aromatic heterocycles. The molecule has 0 radical (unpaired) electrons. The molecule has 0 spiro atoms. The minimum Gasteiger partial charge on any atom is -0.371 e. The Hall–Kier alpha value is -1.49. The van der Waals surface area contributed by atoms with Crippen LogP contribution in [0.25, 0.3) is 0 Å². The molecular weight excluding hydrogens is 224 g/mol. The van der Waals surface area contributed by atoms with E-state index in [4.69, 9.17) is 6.42 Å². The first-order valence-corrected chi connectivity index (χ1v) is 6.50. The minimum atomic E-state index is 0.138. The van der Waals surface area contributed by atoms with Crippen molar-refractivity contribution in [3.63, 3.8) is 0 Å². The first-order valence-electron chi connectivity index (χ1n) is 6.50. The average Bonchev–Trinajstić information content (AvgIpc) is 2.43. The van der Waals surface area contributed by atoms with Crippen molar-refractivity contribution in [2.45, 2.75) is 39.7 Å². The third-order valence-corrected chi connectivity index (χ3v) is 3.47. The van der Waals surface area contributed by atoms with Crippen LogP contribution in [0.5, 0.6) is 0 Å². The lowest BCUT2D eigenvalue weighted by Crippen LogP contribution is -2.48. The van der Waals surface area contributed by atoms with Crippen molar-refractivity contribution in [1.82, 2.24) is 10.6 Å². The van der Waals surface area contributed by atoms with Crippen LogP contribution in [-0.2, 0) is 4.79 Å². The molecule has 18 heavy (non-hydrogen) atoms. The molecule has 1 heterocycles. The van der Waals surface area contributed by atoms with Crippen LogP contribution in [-0.4, -0.2) is 25.1 Å². The van der Waals surface area contributed by atoms with Crippen molar-refractivity contribution >= 4 is 5.94 Å². The number of piperazine rings is 1. The SMILES string of the molecule is C#CC(C)/C(C)=C(\CCC)C1CNCC(=C=O)N1. The molecular formula is C15H22N2O. The quantitative estimate of drug-likeness (QED) is 0.450. The molecule has 2 unspecified atom stereocenters. The van der Waals surface area contributed by atoms with Crippen LogP contribution in [0.2, 0.25) is 0 Å². The summed E-state index contributed by atoms with van der Waals surface area (Å²) in [7, 11) is 0. The van der Waals surface area contributed by atoms with Crippen molar-refractivity contribution in [3.05, 3.63) is 16.8 Å². The smallest absolute Gasteiger partial charge is 0.146 e. The van der Waals surface area contributed by atoms with Crippen LogP contribution in [0.4, 0.5) is 0 Å². The summed E-state index contributed by atoms with van der Waals surface area (Å²) in [4.78, 5) is 10.7. The van der Waals surface area contributed by atoms with Gasteiger partial charge in [-0.15, -0.1) is 6.42 Å². The molecule has 1 aliphatic heterocycles. The Labute approximate surface area is 110 Å². The second-order valence-corrected chi connectivity index (χ2v) is 4.76. The fraction of sp³-hybridized carbons (Fsp3) is 0.600. The number of allylic oxidation sites excluding steroid dienone is 1. The van der Waals surface area contributed by atoms with E-state index in [9.17, 15) is 4.79 Å². The maximum absolute atomic E-state index is 10.7. The fourth-order valence-electron chi connectivity index (χ4n) is 2.25. The highest BCUT2D eigenvalue weighted by Crippen LogP contribution is 2.22. The Morgan fingerprint density at radius 1 is 1.61 bits per heavy atom. The van der Waals surface area contributed by atoms with Gasteiger partial charge in [0.2, 0.25) is 0 Å². The number of hydrogen-bond acceptors (Lipinski definition) is 3. The molecule has 3 nitrogen and oxygen atoms in total. The Morgan fingerprint density at radius 2 is 2.33 bits per heavy atom. The second-order valence-electron chi connectivity index (χ2n) is 4.76. The van der Waals surface area contributed by atoms with Crippen LogP contribution in [0.1, 0.15) is 33.6 Å². The summed E-state index contributed by atoms with van der Waals surface area (Å²) < 4.78 is 0. The van der Waals surface area contributed by atoms with Crippen LogP contribution in [0.3, 0.4) is 0 Å². The van der Waals surface area contributed by atoms with E-state index >= 15 is 0 Å². The van der Waals surface area contributed by atoms with E-state index in [-0.39, 0.29) is 12.0 Å². The average molecular weight is 246 g/mol. The lowest BCUT2D eigenvalue weighted by Gasteiger charge is -2.30. The maximum Gasteiger partial charge on any atom is 0.146 e. The summed E-state index contributed by atoms with van der Waals surface area (Å²) in [6.45, 7) is 7.69. The molecule has 3 heteroatoms. The van der Waals surface area contributed by atoms with Gasteiger partial charge in [-0.25, -0.2) is 4.79 Å². The Kier molecular flexibility index (Phi) is 5.71. The molecule has 2 N–H and O–H groups in total. The lowest BCUT2D eigenvalue weighted by atomic mass is 9.89. The summed E-state index contributed by atoms with van der Waals surface area (Å²) in [6, 6.07) is 0.158. The van der Waals surface area contributed by atoms with E-state index in [0.717, 1.165) is 19.4 Å². The minimum absolute atomic E-state index is 0.138. The van der Waals surface area contributed by atoms with Crippen LogP contribution in [0, 0.1) is 18.3 Å². The van der Waals surface area contributed by atoms with Crippen LogP contribution < -0.4 is 10.6 Å². The maximum atomic E-state index is 10.7. The zero-order valence-electron chi connectivity index (χ0n) is 11.5. The Morgan fingerprint density at radius 3 is 2.89 bits per heavy atom. The van der Waals surface area contributed by atoms with Crippen LogP contribution in [0.15, 0.2) is 16.8 Å². The predicted octanol–water partition coefficient (Wildman–Crippen LogP) is 1.65. The van der Waals surface area contributed by atoms with Crippen molar-refractivity contribution in [3.8, 4) is 12.3 Å². The molecule has 0 amide bonds. The Balaban J connectivity index is 2.98. The number of hydrogen-bond donors (Lipinski definition) is 2. The van der Waals surface area contributed by atoms with E-state index in [1.165, 1.54) is 11.1 Å². The molecule has 98 valence electrons. The van der Waals surface area contributed by atoms with E-state index in [2.05, 4.69) is 30.4 Å². The number of carbonyl (C=O) groups excluding carboxylic acids is 1. The molecule has 1 rings (SSSR count). The molecule has 0 bridgehead atoms. The molecule has 0 aliphatic carbocycles. The highest BCUT2D eigenvalue weighted by atomic mass is 16.1. The topological polar surface area (TPSA) is 41.1 Å². The largest absolute Gasteiger partial charge is 0.371 e. The van der Waals surface area contributed by atoms with E-state index < -0.39 is 0 Å². The zero-order valence-corrected chi connectivity index (χ0v) is 11.5. The van der Waals surface area contributed by atoms with Crippen molar-refractivity contribution in [1.29, 1.82) is 0 Å². The first-order chi connectivity index (χ1) is 8.63. The standard InChI is InChI=1S/C15H22N2O/c1-5-7-14(12(4)11(3)6-2)15-9-16-8-13(10-18)17-15/h2,11,15-17H,5,7-9H2,1,3-4H3/b14-12+. The predicted molar refractivity (Wildman–Crippen MR) is 74.6 cm³/mol. The van der Waals surface area contributed by atoms with Gasteiger partial charge in [0, 0.05) is 19.0 Å². The van der Waals surface area contributed by atoms with Crippen molar-refractivity contribution < 1.29 is 4.79 Å². The van der Waals surface area contributed by atoms with Crippen molar-refractivity contribution in [2.75, 3.05) is 13.1 Å². The molecule has 1 fully saturated rings. The second kappa shape index (κ2) is 7.06. The summed E-state index contributed by atoms with van der Waals surface area (Å²) in [6.07, 6.45) is 7.58. The molecule has 0 saturated carbocycles. The molecule has 1 aliphatic rings. The van der Waals surface area contributed by atoms with Gasteiger partial charge in [0.15, 0.2) is 0 Å². The summed E-state index contributed by atoms with van der Waals surface area (Å²) in [5.74, 6) is 4.86. The molecule has 2 atom stereocenters. The summed E-state index contributed by atoms with van der Waals surface area (Å²) in [5, 5.41) is 6.49. The highest BCUT2D eigenvalue weighted by Gasteiger charge is 2.22. The van der Waals surface area contributed by atoms with Crippen LogP contribution >= 0.6 is 0 Å². The Bertz CT molecular complexity index is 411. The van der Waals surface area contributed by atoms with Crippen molar-refractivity contribution in [2.24, 2.45) is 5.92 Å². The van der Waals surface area contributed by atoms with Gasteiger partial charge < -0.3 is 10.6 Å². The third kappa shape index (κ3) is 3.50. The van der Waals surface area contributed by atoms with E-state index in [1.807, 2.05) is 12.9 Å². The van der Waals surface area contributed by atoms with Gasteiger partial charge in [-0.3, -0.25) is 0 Å². The molecule has 0 aromatic rings. The summed E-state index contributed by atoms with van der Waals surface area (Å²) in [5.41, 5.74) is 3.16. The van der Waals surface area contributed by atoms with Gasteiger partial charge in [0.05, 0.1) is 6.04 Å². The van der Waals surface area contributed by atoms with E-state index in [1.54, 1.807) is 0 Å². The van der Waals surface area contributed by atoms with Gasteiger partial charge in [-0.2, -0.15) is 0 Å². The molecule has 0 aromatic carbocycles. The fourth-order valence-corrected chi connectivity index (χ4v) is 2.25. The monoisotopic (exact) mass is 246 g/mol. The molecule has 1 saturated heterocycles. The van der Waals surface area contributed by atoms with Gasteiger partial charge in [-0.05, 0) is 25.8 Å². The third-order valence-electron chi connectivity index (χ3n) is 3.47. The zero-order chi connectivity index (χ0) is 13.5. The van der Waals surface area contributed by atoms with Gasteiger partial charge >= 0.3 is 0 Å². The first kappa shape index (κ1) is 14.6. The van der Waals surface area contributed by atoms with Gasteiger partial charge in [0.1, 0.15) is 11.6 Å². The van der Waals surface area contributed by atoms with Gasteiger partial charge in [-0.1, -0.05) is 24.8 Å². The lowest BCUT2D eigenvalue weighted by molar-refractivity contribution is 0.488. The number of terminal acetylenes is 1. The van der Waals surface area contributed by atoms with E-state index in [0.29, 0.717) is 12.2 Å². The number of nitrogens with one attached hydrogen (secondary N) is 2. The number of rotatable bonds is 4. The normalized spacial score (nSPS) is 22.3. The summed E-state index contributed by atoms with van der Waals surface area (Å²) >= 11 is 0. The highest BCUT2D eigenvalue weighted by molar-refractivity contribution is 5.53. The van der Waals surface area contributed by atoms with Gasteiger partial charge in [0.25, 0.3) is 0 Å².